The van der Waals surface area contributed by atoms with Gasteiger partial charge in [0.25, 0.3) is 0 Å². The van der Waals surface area contributed by atoms with Crippen LogP contribution in [-0.2, 0) is 22.8 Å². The predicted octanol–water partition coefficient (Wildman–Crippen LogP) is 4.94. The topological polar surface area (TPSA) is 59.4 Å². The van der Waals surface area contributed by atoms with Crippen molar-refractivity contribution < 1.29 is 12.8 Å². The van der Waals surface area contributed by atoms with Gasteiger partial charge in [-0.2, -0.15) is 0 Å². The largest absolute Gasteiger partial charge is 0.369 e. The van der Waals surface area contributed by atoms with Gasteiger partial charge in [-0.15, -0.1) is 0 Å². The lowest BCUT2D eigenvalue weighted by Gasteiger charge is -2.29. The molecule has 2 heterocycles. The number of anilines is 1. The molecule has 0 saturated carbocycles. The van der Waals surface area contributed by atoms with Crippen molar-refractivity contribution in [3.8, 4) is 0 Å². The van der Waals surface area contributed by atoms with Crippen molar-refractivity contribution in [3.05, 3.63) is 64.2 Å². The van der Waals surface area contributed by atoms with Crippen molar-refractivity contribution in [1.82, 2.24) is 4.57 Å². The fraction of sp³-hybridized carbons (Fsp3) is 0.400. The predicted molar refractivity (Wildman–Crippen MR) is 126 cm³/mol. The van der Waals surface area contributed by atoms with Crippen LogP contribution in [0, 0.1) is 5.82 Å². The van der Waals surface area contributed by atoms with E-state index in [0.717, 1.165) is 50.8 Å². The summed E-state index contributed by atoms with van der Waals surface area (Å²) in [6.07, 6.45) is 6.11. The van der Waals surface area contributed by atoms with E-state index in [9.17, 15) is 13.2 Å². The van der Waals surface area contributed by atoms with Gasteiger partial charge in [0.15, 0.2) is 0 Å². The van der Waals surface area contributed by atoms with Crippen LogP contribution in [0.4, 0.5) is 10.1 Å². The van der Waals surface area contributed by atoms with Crippen molar-refractivity contribution in [2.24, 2.45) is 0 Å². The molecule has 1 fully saturated rings. The smallest absolute Gasteiger partial charge is 0.211 e. The quantitative estimate of drug-likeness (QED) is 0.527. The number of sulfone groups is 1. The second-order valence-electron chi connectivity index (χ2n) is 8.39. The molecule has 0 radical (unpaired) electrons. The van der Waals surface area contributed by atoms with E-state index in [1.54, 1.807) is 22.8 Å². The number of halogens is 1. The van der Waals surface area contributed by atoms with Gasteiger partial charge in [-0.3, -0.25) is 4.79 Å². The number of pyridine rings is 1. The molecule has 1 aliphatic rings. The maximum Gasteiger partial charge on any atom is 0.211 e. The lowest BCUT2D eigenvalue weighted by atomic mass is 10.1. The van der Waals surface area contributed by atoms with E-state index in [2.05, 4.69) is 0 Å². The van der Waals surface area contributed by atoms with Crippen LogP contribution in [0.1, 0.15) is 45.1 Å². The molecular formula is C25H29FN2O3S. The number of benzene rings is 2. The summed E-state index contributed by atoms with van der Waals surface area (Å²) in [6, 6.07) is 9.49. The van der Waals surface area contributed by atoms with E-state index < -0.39 is 21.1 Å². The molecular weight excluding hydrogens is 427 g/mol. The zero-order chi connectivity index (χ0) is 22.9. The van der Waals surface area contributed by atoms with Crippen molar-refractivity contribution >= 4 is 26.4 Å². The van der Waals surface area contributed by atoms with Gasteiger partial charge in [0.2, 0.25) is 15.3 Å². The monoisotopic (exact) mass is 456 g/mol. The number of hydrogen-bond acceptors (Lipinski definition) is 4. The molecule has 1 saturated heterocycles. The van der Waals surface area contributed by atoms with Crippen molar-refractivity contribution in [1.29, 1.82) is 0 Å². The molecule has 1 aliphatic heterocycles. The highest BCUT2D eigenvalue weighted by atomic mass is 32.2. The Bertz CT molecular complexity index is 1290. The second kappa shape index (κ2) is 9.06. The maximum atomic E-state index is 15.1. The molecule has 0 aliphatic carbocycles. The number of piperidine rings is 1. The number of nitrogens with zero attached hydrogens (tertiary/aromatic N) is 2. The average molecular weight is 457 g/mol. The number of aryl methyl sites for hydroxylation is 2. The Labute approximate surface area is 188 Å². The van der Waals surface area contributed by atoms with Crippen LogP contribution in [0.3, 0.4) is 0 Å². The van der Waals surface area contributed by atoms with E-state index in [1.807, 2.05) is 18.7 Å². The molecule has 1 aromatic heterocycles. The van der Waals surface area contributed by atoms with E-state index >= 15 is 4.39 Å². The Balaban J connectivity index is 1.91. The van der Waals surface area contributed by atoms with Gasteiger partial charge in [-0.25, -0.2) is 12.8 Å². The minimum absolute atomic E-state index is 0.0691. The van der Waals surface area contributed by atoms with Crippen LogP contribution in [-0.4, -0.2) is 26.1 Å². The minimum Gasteiger partial charge on any atom is -0.369 e. The molecule has 170 valence electrons. The standard InChI is InChI=1S/C25H29FN2O3S/c1-3-12-28-17-24(32(30,31)19-10-8-18(4-2)9-11-19)25(29)20-15-21(26)23(16-22(20)28)27-13-6-5-7-14-27/h8-11,15-17H,3-7,12-14H2,1-2H3. The van der Waals surface area contributed by atoms with Gasteiger partial charge in [0.05, 0.1) is 21.5 Å². The van der Waals surface area contributed by atoms with Crippen molar-refractivity contribution in [2.45, 2.75) is 62.3 Å². The van der Waals surface area contributed by atoms with Crippen molar-refractivity contribution in [3.63, 3.8) is 0 Å². The summed E-state index contributed by atoms with van der Waals surface area (Å²) >= 11 is 0. The van der Waals surface area contributed by atoms with E-state index in [1.165, 1.54) is 24.4 Å². The van der Waals surface area contributed by atoms with Crippen LogP contribution in [0.5, 0.6) is 0 Å². The van der Waals surface area contributed by atoms with Gasteiger partial charge >= 0.3 is 0 Å². The Kier molecular flexibility index (Phi) is 6.38. The molecule has 0 N–H and O–H groups in total. The minimum atomic E-state index is -4.04. The summed E-state index contributed by atoms with van der Waals surface area (Å²) in [7, 11) is -4.04. The maximum absolute atomic E-state index is 15.1. The van der Waals surface area contributed by atoms with Gasteiger partial charge < -0.3 is 9.47 Å². The normalized spacial score (nSPS) is 14.8. The van der Waals surface area contributed by atoms with Crippen LogP contribution >= 0.6 is 0 Å². The van der Waals surface area contributed by atoms with Crippen LogP contribution in [0.15, 0.2) is 57.2 Å². The molecule has 0 atom stereocenters. The van der Waals surface area contributed by atoms with Crippen LogP contribution in [0.25, 0.3) is 10.9 Å². The molecule has 0 bridgehead atoms. The number of fused-ring (bicyclic) bond motifs is 1. The number of rotatable bonds is 6. The zero-order valence-corrected chi connectivity index (χ0v) is 19.4. The Morgan fingerprint density at radius 1 is 1.00 bits per heavy atom. The molecule has 2 aromatic carbocycles. The third-order valence-electron chi connectivity index (χ3n) is 6.21. The summed E-state index contributed by atoms with van der Waals surface area (Å²) < 4.78 is 43.5. The molecule has 7 heteroatoms. The SMILES string of the molecule is CCCn1cc(S(=O)(=O)c2ccc(CC)cc2)c(=O)c2cc(F)c(N3CCCCC3)cc21. The fourth-order valence-electron chi connectivity index (χ4n) is 4.40. The summed E-state index contributed by atoms with van der Waals surface area (Å²) in [4.78, 5) is 15.1. The van der Waals surface area contributed by atoms with Crippen LogP contribution in [0.2, 0.25) is 0 Å². The summed E-state index contributed by atoms with van der Waals surface area (Å²) in [6.45, 7) is 6.06. The highest BCUT2D eigenvalue weighted by molar-refractivity contribution is 7.91. The highest BCUT2D eigenvalue weighted by Crippen LogP contribution is 2.29. The first-order chi connectivity index (χ1) is 15.4. The first kappa shape index (κ1) is 22.5. The van der Waals surface area contributed by atoms with Gasteiger partial charge in [-0.1, -0.05) is 26.0 Å². The molecule has 0 unspecified atom stereocenters. The number of hydrogen-bond donors (Lipinski definition) is 0. The Morgan fingerprint density at radius 2 is 1.69 bits per heavy atom. The molecule has 5 nitrogen and oxygen atoms in total. The van der Waals surface area contributed by atoms with E-state index in [-0.39, 0.29) is 15.2 Å². The third kappa shape index (κ3) is 4.06. The summed E-state index contributed by atoms with van der Waals surface area (Å²) in [5.74, 6) is -0.485. The van der Waals surface area contributed by atoms with Gasteiger partial charge in [0.1, 0.15) is 10.7 Å². The first-order valence-corrected chi connectivity index (χ1v) is 12.8. The molecule has 4 rings (SSSR count). The Morgan fingerprint density at radius 3 is 2.31 bits per heavy atom. The molecule has 32 heavy (non-hydrogen) atoms. The zero-order valence-electron chi connectivity index (χ0n) is 18.6. The highest BCUT2D eigenvalue weighted by Gasteiger charge is 2.25. The third-order valence-corrected chi connectivity index (χ3v) is 7.97. The second-order valence-corrected chi connectivity index (χ2v) is 10.3. The lowest BCUT2D eigenvalue weighted by molar-refractivity contribution is 0.557. The molecule has 0 amide bonds. The van der Waals surface area contributed by atoms with Crippen LogP contribution < -0.4 is 10.3 Å². The van der Waals surface area contributed by atoms with Crippen molar-refractivity contribution in [2.75, 3.05) is 18.0 Å². The van der Waals surface area contributed by atoms with E-state index in [4.69, 9.17) is 0 Å². The number of aromatic nitrogens is 1. The van der Waals surface area contributed by atoms with Gasteiger partial charge in [-0.05, 0) is 61.9 Å². The summed E-state index contributed by atoms with van der Waals surface area (Å²) in [5, 5.41) is 0.1000. The lowest BCUT2D eigenvalue weighted by Crippen LogP contribution is -2.30. The van der Waals surface area contributed by atoms with Gasteiger partial charge in [0, 0.05) is 25.8 Å². The fourth-order valence-corrected chi connectivity index (χ4v) is 5.77. The molecule has 0 spiro atoms. The summed E-state index contributed by atoms with van der Waals surface area (Å²) in [5.41, 5.74) is 1.40. The Hall–Kier alpha value is -2.67. The molecule has 3 aromatic rings. The average Bonchev–Trinajstić information content (AvgIpc) is 2.81. The van der Waals surface area contributed by atoms with E-state index in [0.29, 0.717) is 17.7 Å². The first-order valence-electron chi connectivity index (χ1n) is 11.3.